The number of hydrogen-bond donors (Lipinski definition) is 0. The predicted octanol–water partition coefficient (Wildman–Crippen LogP) is 9.09. The van der Waals surface area contributed by atoms with Crippen LogP contribution in [0, 0.1) is 0 Å². The summed E-state index contributed by atoms with van der Waals surface area (Å²) in [5.41, 5.74) is 13.1. The summed E-state index contributed by atoms with van der Waals surface area (Å²) in [5.74, 6) is 0. The maximum Gasteiger partial charge on any atom is 0.248 e. The molecule has 0 aromatic heterocycles. The van der Waals surface area contributed by atoms with Crippen molar-refractivity contribution in [3.05, 3.63) is 158 Å². The maximum absolute atomic E-state index is 2.53. The van der Waals surface area contributed by atoms with Crippen LogP contribution in [0.1, 0.15) is 0 Å². The van der Waals surface area contributed by atoms with Crippen LogP contribution in [0.5, 0.6) is 0 Å². The van der Waals surface area contributed by atoms with Crippen molar-refractivity contribution in [3.63, 3.8) is 0 Å². The Bertz CT molecular complexity index is 2460. The lowest BCUT2D eigenvalue weighted by Gasteiger charge is -2.37. The minimum Gasteiger partial charge on any atom is -0.311 e. The molecule has 0 bridgehead atoms. The van der Waals surface area contributed by atoms with Gasteiger partial charge in [0.25, 0.3) is 0 Å². The average molecular weight is 555 g/mol. The fourth-order valence-corrected chi connectivity index (χ4v) is 7.75. The molecular formula is C42H26BN. The van der Waals surface area contributed by atoms with E-state index in [-0.39, 0.29) is 6.71 Å². The van der Waals surface area contributed by atoms with Crippen molar-refractivity contribution in [1.82, 2.24) is 0 Å². The van der Waals surface area contributed by atoms with E-state index in [1.54, 1.807) is 0 Å². The van der Waals surface area contributed by atoms with E-state index in [4.69, 9.17) is 0 Å². The van der Waals surface area contributed by atoms with Gasteiger partial charge in [-0.25, -0.2) is 0 Å². The normalized spacial score (nSPS) is 12.9. The molecule has 0 atom stereocenters. The van der Waals surface area contributed by atoms with Crippen LogP contribution in [0.15, 0.2) is 158 Å². The van der Waals surface area contributed by atoms with E-state index in [0.717, 1.165) is 0 Å². The summed E-state index contributed by atoms with van der Waals surface area (Å²) in [6.45, 7) is 0.167. The fraction of sp³-hybridized carbons (Fsp3) is 0. The molecule has 8 aromatic rings. The van der Waals surface area contributed by atoms with E-state index in [9.17, 15) is 0 Å². The monoisotopic (exact) mass is 555 g/mol. The Morgan fingerprint density at radius 3 is 1.68 bits per heavy atom. The molecule has 44 heavy (non-hydrogen) atoms. The van der Waals surface area contributed by atoms with Gasteiger partial charge in [0.15, 0.2) is 0 Å². The zero-order valence-electron chi connectivity index (χ0n) is 24.0. The van der Waals surface area contributed by atoms with Gasteiger partial charge in [-0.15, -0.1) is 0 Å². The van der Waals surface area contributed by atoms with Crippen molar-refractivity contribution >= 4 is 72.5 Å². The van der Waals surface area contributed by atoms with Crippen molar-refractivity contribution in [2.24, 2.45) is 0 Å². The Labute approximate surface area is 256 Å². The molecule has 0 amide bonds. The fourth-order valence-electron chi connectivity index (χ4n) is 7.75. The Hall–Kier alpha value is -5.60. The van der Waals surface area contributed by atoms with Crippen LogP contribution in [0.2, 0.25) is 0 Å². The number of rotatable bonds is 2. The smallest absolute Gasteiger partial charge is 0.248 e. The average Bonchev–Trinajstić information content (AvgIpc) is 3.40. The molecule has 0 radical (unpaired) electrons. The SMILES string of the molecule is c1ccc(-c2cc3c4c(c2)N(c2ccc5ccccc5c2)c2cc5ccccc5cc2B4c2cc4ccccc4cc2-3)cc1. The Morgan fingerprint density at radius 1 is 0.364 bits per heavy atom. The molecule has 8 aromatic carbocycles. The molecule has 202 valence electrons. The van der Waals surface area contributed by atoms with Crippen molar-refractivity contribution in [2.75, 3.05) is 4.90 Å². The van der Waals surface area contributed by atoms with Gasteiger partial charge < -0.3 is 4.90 Å². The van der Waals surface area contributed by atoms with Gasteiger partial charge in [0.2, 0.25) is 6.71 Å². The Balaban J connectivity index is 1.35. The van der Waals surface area contributed by atoms with Gasteiger partial charge in [0.05, 0.1) is 0 Å². The molecule has 0 unspecified atom stereocenters. The van der Waals surface area contributed by atoms with Crippen LogP contribution in [-0.2, 0) is 0 Å². The summed E-state index contributed by atoms with van der Waals surface area (Å²) in [6.07, 6.45) is 0. The third-order valence-corrected chi connectivity index (χ3v) is 9.75. The largest absolute Gasteiger partial charge is 0.311 e. The summed E-state index contributed by atoms with van der Waals surface area (Å²) in [6, 6.07) is 58.6. The summed E-state index contributed by atoms with van der Waals surface area (Å²) in [5, 5.41) is 7.63. The molecule has 0 spiro atoms. The van der Waals surface area contributed by atoms with E-state index in [0.29, 0.717) is 0 Å². The lowest BCUT2D eigenvalue weighted by atomic mass is 9.37. The highest BCUT2D eigenvalue weighted by molar-refractivity contribution is 7.01. The van der Waals surface area contributed by atoms with Gasteiger partial charge in [-0.2, -0.15) is 0 Å². The first kappa shape index (κ1) is 23.9. The third kappa shape index (κ3) is 3.37. The topological polar surface area (TPSA) is 3.24 Å². The molecule has 2 heterocycles. The zero-order valence-corrected chi connectivity index (χ0v) is 24.0. The number of hydrogen-bond acceptors (Lipinski definition) is 1. The molecule has 0 N–H and O–H groups in total. The minimum absolute atomic E-state index is 0.167. The molecule has 0 aliphatic carbocycles. The van der Waals surface area contributed by atoms with Crippen molar-refractivity contribution in [3.8, 4) is 22.3 Å². The minimum atomic E-state index is 0.167. The standard InChI is InChI=1S/C42H26BN/c1-2-10-27(11-3-1)34-22-37-36-21-30-14-6-7-15-31(30)23-38(36)43-39-24-32-16-8-9-17-33(32)25-40(39)44(41(26-34)42(37)43)35-19-18-28-12-4-5-13-29(28)20-35/h1-26H. The van der Waals surface area contributed by atoms with Gasteiger partial charge >= 0.3 is 0 Å². The number of nitrogens with zero attached hydrogens (tertiary/aromatic N) is 1. The van der Waals surface area contributed by atoms with E-state index in [2.05, 4.69) is 163 Å². The van der Waals surface area contributed by atoms with Gasteiger partial charge in [-0.05, 0) is 102 Å². The van der Waals surface area contributed by atoms with Crippen LogP contribution in [0.4, 0.5) is 17.1 Å². The quantitative estimate of drug-likeness (QED) is 0.192. The lowest BCUT2D eigenvalue weighted by Crippen LogP contribution is -2.54. The third-order valence-electron chi connectivity index (χ3n) is 9.75. The first-order valence-electron chi connectivity index (χ1n) is 15.4. The second-order valence-corrected chi connectivity index (χ2v) is 12.2. The highest BCUT2D eigenvalue weighted by Crippen LogP contribution is 2.44. The van der Waals surface area contributed by atoms with Crippen molar-refractivity contribution < 1.29 is 0 Å². The highest BCUT2D eigenvalue weighted by atomic mass is 15.2. The van der Waals surface area contributed by atoms with Gasteiger partial charge in [-0.3, -0.25) is 0 Å². The first-order chi connectivity index (χ1) is 21.8. The van der Waals surface area contributed by atoms with E-state index in [1.165, 1.54) is 88.0 Å². The van der Waals surface area contributed by atoms with Crippen LogP contribution in [0.3, 0.4) is 0 Å². The lowest BCUT2D eigenvalue weighted by molar-refractivity contribution is 1.31. The van der Waals surface area contributed by atoms with Crippen molar-refractivity contribution in [2.45, 2.75) is 0 Å². The summed E-state index contributed by atoms with van der Waals surface area (Å²) >= 11 is 0. The van der Waals surface area contributed by atoms with E-state index in [1.807, 2.05) is 0 Å². The van der Waals surface area contributed by atoms with Crippen LogP contribution in [-0.4, -0.2) is 6.71 Å². The maximum atomic E-state index is 2.53. The Kier molecular flexibility index (Phi) is 4.87. The van der Waals surface area contributed by atoms with Gasteiger partial charge in [0, 0.05) is 17.1 Å². The Morgan fingerprint density at radius 2 is 0.955 bits per heavy atom. The molecule has 0 fully saturated rings. The van der Waals surface area contributed by atoms with Crippen LogP contribution < -0.4 is 21.3 Å². The molecule has 2 aliphatic heterocycles. The van der Waals surface area contributed by atoms with E-state index < -0.39 is 0 Å². The second-order valence-electron chi connectivity index (χ2n) is 12.2. The molecular weight excluding hydrogens is 529 g/mol. The van der Waals surface area contributed by atoms with Crippen LogP contribution in [0.25, 0.3) is 54.6 Å². The second kappa shape index (κ2) is 8.95. The van der Waals surface area contributed by atoms with E-state index >= 15 is 0 Å². The molecule has 1 nitrogen and oxygen atoms in total. The van der Waals surface area contributed by atoms with Gasteiger partial charge in [-0.1, -0.05) is 127 Å². The van der Waals surface area contributed by atoms with Crippen molar-refractivity contribution in [1.29, 1.82) is 0 Å². The molecule has 0 saturated carbocycles. The number of fused-ring (bicyclic) bond motifs is 8. The first-order valence-corrected chi connectivity index (χ1v) is 15.4. The van der Waals surface area contributed by atoms with Gasteiger partial charge in [0.1, 0.15) is 0 Å². The summed E-state index contributed by atoms with van der Waals surface area (Å²) < 4.78 is 0. The summed E-state index contributed by atoms with van der Waals surface area (Å²) in [4.78, 5) is 2.53. The molecule has 2 aliphatic rings. The molecule has 2 heteroatoms. The number of benzene rings is 8. The zero-order chi connectivity index (χ0) is 28.8. The molecule has 10 rings (SSSR count). The predicted molar refractivity (Wildman–Crippen MR) is 189 cm³/mol. The highest BCUT2D eigenvalue weighted by Gasteiger charge is 2.43. The number of anilines is 3. The van der Waals surface area contributed by atoms with Crippen LogP contribution >= 0.6 is 0 Å². The molecule has 0 saturated heterocycles. The summed E-state index contributed by atoms with van der Waals surface area (Å²) in [7, 11) is 0.